The van der Waals surface area contributed by atoms with Crippen LogP contribution in [0.1, 0.15) is 34.1 Å². The van der Waals surface area contributed by atoms with E-state index in [-0.39, 0.29) is 9.58 Å². The van der Waals surface area contributed by atoms with Crippen molar-refractivity contribution < 1.29 is 9.53 Å². The molecule has 4 unspecified atom stereocenters. The van der Waals surface area contributed by atoms with Gasteiger partial charge in [-0.05, 0) is 41.9 Å². The molecule has 0 radical (unpaired) electrons. The molecule has 0 aromatic carbocycles. The van der Waals surface area contributed by atoms with Crippen molar-refractivity contribution in [1.29, 1.82) is 0 Å². The van der Waals surface area contributed by atoms with Crippen molar-refractivity contribution in [2.24, 2.45) is 17.8 Å². The van der Waals surface area contributed by atoms with Crippen molar-refractivity contribution in [1.82, 2.24) is 0 Å². The molecular weight excluding hydrogens is 303 g/mol. The van der Waals surface area contributed by atoms with E-state index < -0.39 is 0 Å². The Balaban J connectivity index is 2.82. The maximum atomic E-state index is 11.6. The topological polar surface area (TPSA) is 26.3 Å². The summed E-state index contributed by atoms with van der Waals surface area (Å²) in [4.78, 5) is 11.6. The van der Waals surface area contributed by atoms with Crippen LogP contribution in [0.15, 0.2) is 12.2 Å². The maximum absolute atomic E-state index is 11.6. The number of halogens is 1. The summed E-state index contributed by atoms with van der Waals surface area (Å²) in [6.07, 6.45) is 1.12. The van der Waals surface area contributed by atoms with E-state index in [2.05, 4.69) is 49.9 Å². The molecule has 2 nitrogen and oxygen atoms in total. The normalized spacial score (nSPS) is 40.2. The summed E-state index contributed by atoms with van der Waals surface area (Å²) < 4.78 is 5.25. The van der Waals surface area contributed by atoms with Crippen molar-refractivity contribution in [3.8, 4) is 0 Å². The summed E-state index contributed by atoms with van der Waals surface area (Å²) in [5.74, 6) is 1.15. The molecule has 0 amide bonds. The van der Waals surface area contributed by atoms with E-state index >= 15 is 0 Å². The van der Waals surface area contributed by atoms with Gasteiger partial charge in [0.1, 0.15) is 0 Å². The van der Waals surface area contributed by atoms with Gasteiger partial charge in [0.15, 0.2) is 3.61 Å². The SMILES string of the molecule is C=C(C)C(=O)OC1(I)C(C)CC(C)C1C. The van der Waals surface area contributed by atoms with Gasteiger partial charge in [-0.3, -0.25) is 0 Å². The Morgan fingerprint density at radius 1 is 1.47 bits per heavy atom. The van der Waals surface area contributed by atoms with Crippen LogP contribution in [-0.2, 0) is 9.53 Å². The minimum absolute atomic E-state index is 0.266. The molecule has 1 saturated carbocycles. The van der Waals surface area contributed by atoms with Gasteiger partial charge in [0.05, 0.1) is 0 Å². The van der Waals surface area contributed by atoms with Crippen molar-refractivity contribution >= 4 is 28.6 Å². The molecule has 0 saturated heterocycles. The number of carbonyl (C=O) groups excluding carboxylic acids is 1. The second-order valence-corrected chi connectivity index (χ2v) is 6.46. The smallest absolute Gasteiger partial charge is 0.334 e. The highest BCUT2D eigenvalue weighted by Crippen LogP contribution is 2.51. The largest absolute Gasteiger partial charge is 0.444 e. The number of ether oxygens (including phenoxy) is 1. The van der Waals surface area contributed by atoms with E-state index in [4.69, 9.17) is 4.74 Å². The molecule has 3 heteroatoms. The molecule has 1 rings (SSSR count). The summed E-state index contributed by atoms with van der Waals surface area (Å²) in [6.45, 7) is 11.8. The van der Waals surface area contributed by atoms with Gasteiger partial charge in [0.2, 0.25) is 0 Å². The Hall–Kier alpha value is -0.0600. The van der Waals surface area contributed by atoms with Gasteiger partial charge in [-0.25, -0.2) is 4.79 Å². The Morgan fingerprint density at radius 3 is 2.33 bits per heavy atom. The molecule has 0 aliphatic heterocycles. The fraction of sp³-hybridized carbons (Fsp3) is 0.750. The molecule has 0 heterocycles. The van der Waals surface area contributed by atoms with E-state index in [1.807, 2.05) is 0 Å². The number of rotatable bonds is 2. The molecule has 1 aliphatic carbocycles. The van der Waals surface area contributed by atoms with Crippen LogP contribution in [0.2, 0.25) is 0 Å². The van der Waals surface area contributed by atoms with Gasteiger partial charge in [0.25, 0.3) is 0 Å². The lowest BCUT2D eigenvalue weighted by atomic mass is 9.99. The molecule has 0 spiro atoms. The molecule has 0 N–H and O–H groups in total. The zero-order valence-corrected chi connectivity index (χ0v) is 12.0. The van der Waals surface area contributed by atoms with Gasteiger partial charge in [-0.1, -0.05) is 27.4 Å². The maximum Gasteiger partial charge on any atom is 0.334 e. The van der Waals surface area contributed by atoms with Crippen LogP contribution < -0.4 is 0 Å². The zero-order valence-electron chi connectivity index (χ0n) is 9.84. The number of alkyl halides is 1. The van der Waals surface area contributed by atoms with E-state index in [1.165, 1.54) is 0 Å². The predicted octanol–water partition coefficient (Wildman–Crippen LogP) is 3.55. The third kappa shape index (κ3) is 2.37. The van der Waals surface area contributed by atoms with Gasteiger partial charge in [-0.2, -0.15) is 0 Å². The van der Waals surface area contributed by atoms with E-state index in [9.17, 15) is 4.79 Å². The lowest BCUT2D eigenvalue weighted by molar-refractivity contribution is -0.149. The summed E-state index contributed by atoms with van der Waals surface area (Å²) in [7, 11) is 0. The first kappa shape index (κ1) is 13.0. The molecule has 86 valence electrons. The summed E-state index contributed by atoms with van der Waals surface area (Å²) in [5, 5.41) is 0. The van der Waals surface area contributed by atoms with Crippen molar-refractivity contribution in [3.05, 3.63) is 12.2 Å². The molecule has 1 aliphatic rings. The van der Waals surface area contributed by atoms with Gasteiger partial charge < -0.3 is 4.74 Å². The van der Waals surface area contributed by atoms with Gasteiger partial charge in [-0.15, -0.1) is 0 Å². The average Bonchev–Trinajstić information content (AvgIpc) is 2.31. The fourth-order valence-corrected chi connectivity index (χ4v) is 3.25. The van der Waals surface area contributed by atoms with E-state index in [0.717, 1.165) is 6.42 Å². The number of esters is 1. The Bertz CT molecular complexity index is 287. The minimum Gasteiger partial charge on any atom is -0.444 e. The predicted molar refractivity (Wildman–Crippen MR) is 69.8 cm³/mol. The van der Waals surface area contributed by atoms with Crippen molar-refractivity contribution in [3.63, 3.8) is 0 Å². The molecule has 1 fully saturated rings. The third-order valence-corrected chi connectivity index (χ3v) is 5.74. The molecule has 15 heavy (non-hydrogen) atoms. The second-order valence-electron chi connectivity index (χ2n) is 4.77. The zero-order chi connectivity index (χ0) is 11.8. The third-order valence-electron chi connectivity index (χ3n) is 3.47. The van der Waals surface area contributed by atoms with Crippen LogP contribution in [-0.4, -0.2) is 9.58 Å². The monoisotopic (exact) mass is 322 g/mol. The highest BCUT2D eigenvalue weighted by molar-refractivity contribution is 14.1. The summed E-state index contributed by atoms with van der Waals surface area (Å²) in [5.41, 5.74) is 0.477. The minimum atomic E-state index is -0.354. The number of carbonyl (C=O) groups is 1. The fourth-order valence-electron chi connectivity index (χ4n) is 2.18. The first-order chi connectivity index (χ1) is 6.79. The molecule has 0 bridgehead atoms. The standard InChI is InChI=1S/C12H19IO2/c1-7(2)11(14)15-12(13)9(4)6-8(3)10(12)5/h8-10H,1,6H2,2-5H3. The Morgan fingerprint density at radius 2 is 2.00 bits per heavy atom. The highest BCUT2D eigenvalue weighted by Gasteiger charge is 2.50. The summed E-state index contributed by atoms with van der Waals surface area (Å²) in [6, 6.07) is 0. The first-order valence-electron chi connectivity index (χ1n) is 5.36. The quantitative estimate of drug-likeness (QED) is 0.336. The lowest BCUT2D eigenvalue weighted by Gasteiger charge is -2.32. The van der Waals surface area contributed by atoms with Crippen LogP contribution in [0.5, 0.6) is 0 Å². The Kier molecular flexibility index (Phi) is 3.85. The van der Waals surface area contributed by atoms with Crippen LogP contribution in [0.4, 0.5) is 0 Å². The average molecular weight is 322 g/mol. The van der Waals surface area contributed by atoms with Crippen molar-refractivity contribution in [2.75, 3.05) is 0 Å². The van der Waals surface area contributed by atoms with Crippen LogP contribution >= 0.6 is 22.6 Å². The van der Waals surface area contributed by atoms with Gasteiger partial charge >= 0.3 is 5.97 Å². The molecule has 0 aromatic rings. The van der Waals surface area contributed by atoms with Crippen LogP contribution in [0.25, 0.3) is 0 Å². The number of hydrogen-bond acceptors (Lipinski definition) is 2. The van der Waals surface area contributed by atoms with E-state index in [1.54, 1.807) is 6.92 Å². The Labute approximate surface area is 106 Å². The highest BCUT2D eigenvalue weighted by atomic mass is 127. The number of hydrogen-bond donors (Lipinski definition) is 0. The molecular formula is C12H19IO2. The van der Waals surface area contributed by atoms with Crippen molar-refractivity contribution in [2.45, 2.75) is 37.7 Å². The van der Waals surface area contributed by atoms with Crippen LogP contribution in [0, 0.1) is 17.8 Å². The lowest BCUT2D eigenvalue weighted by Crippen LogP contribution is -2.37. The first-order valence-corrected chi connectivity index (χ1v) is 6.44. The second kappa shape index (κ2) is 4.44. The van der Waals surface area contributed by atoms with E-state index in [0.29, 0.717) is 23.3 Å². The van der Waals surface area contributed by atoms with Crippen LogP contribution in [0.3, 0.4) is 0 Å². The molecule has 0 aromatic heterocycles. The van der Waals surface area contributed by atoms with Gasteiger partial charge in [0, 0.05) is 17.4 Å². The molecule has 4 atom stereocenters. The summed E-state index contributed by atoms with van der Waals surface area (Å²) >= 11 is 2.30.